The van der Waals surface area contributed by atoms with Gasteiger partial charge in [0.05, 0.1) is 12.7 Å². The highest BCUT2D eigenvalue weighted by molar-refractivity contribution is 5.03. The van der Waals surface area contributed by atoms with Crippen LogP contribution in [0.2, 0.25) is 0 Å². The SMILES string of the molecule is OC1C2OCC(O2)C2CC12. The molecule has 2 bridgehead atoms. The van der Waals surface area contributed by atoms with E-state index >= 15 is 0 Å². The molecule has 56 valence electrons. The van der Waals surface area contributed by atoms with Gasteiger partial charge in [-0.05, 0) is 18.3 Å². The molecular formula is C7H10O3. The van der Waals surface area contributed by atoms with Gasteiger partial charge in [-0.2, -0.15) is 0 Å². The molecule has 0 amide bonds. The van der Waals surface area contributed by atoms with E-state index in [0.29, 0.717) is 24.5 Å². The van der Waals surface area contributed by atoms with E-state index in [1.165, 1.54) is 0 Å². The Balaban J connectivity index is 1.91. The molecule has 3 nitrogen and oxygen atoms in total. The fraction of sp³-hybridized carbons (Fsp3) is 1.00. The number of hydrogen-bond donors (Lipinski definition) is 1. The maximum absolute atomic E-state index is 9.46. The van der Waals surface area contributed by atoms with Crippen LogP contribution in [0.15, 0.2) is 0 Å². The van der Waals surface area contributed by atoms with Crippen molar-refractivity contribution in [2.45, 2.75) is 24.9 Å². The standard InChI is InChI=1S/C7H10O3/c8-6-4-1-3(4)5-2-9-7(6)10-5/h3-8H,1-2H2. The molecule has 3 fully saturated rings. The van der Waals surface area contributed by atoms with Crippen molar-refractivity contribution in [3.63, 3.8) is 0 Å². The zero-order valence-corrected chi connectivity index (χ0v) is 5.56. The van der Waals surface area contributed by atoms with Gasteiger partial charge in [0.1, 0.15) is 6.10 Å². The summed E-state index contributed by atoms with van der Waals surface area (Å²) in [5.41, 5.74) is 0. The third-order valence-electron chi connectivity index (χ3n) is 2.82. The van der Waals surface area contributed by atoms with Crippen molar-refractivity contribution in [1.29, 1.82) is 0 Å². The molecule has 0 spiro atoms. The zero-order valence-electron chi connectivity index (χ0n) is 5.56. The van der Waals surface area contributed by atoms with Gasteiger partial charge < -0.3 is 14.6 Å². The summed E-state index contributed by atoms with van der Waals surface area (Å²) in [5.74, 6) is 1.10. The number of aliphatic hydroxyl groups is 1. The van der Waals surface area contributed by atoms with E-state index in [1.807, 2.05) is 0 Å². The largest absolute Gasteiger partial charge is 0.388 e. The van der Waals surface area contributed by atoms with Crippen LogP contribution in [-0.2, 0) is 9.47 Å². The van der Waals surface area contributed by atoms with Crippen LogP contribution in [0.4, 0.5) is 0 Å². The normalized spacial score (nSPS) is 63.9. The highest BCUT2D eigenvalue weighted by Gasteiger charge is 2.58. The average molecular weight is 142 g/mol. The predicted octanol–water partition coefficient (Wildman–Crippen LogP) is -0.262. The molecule has 2 heterocycles. The molecule has 2 aliphatic heterocycles. The fourth-order valence-corrected chi connectivity index (χ4v) is 2.10. The van der Waals surface area contributed by atoms with Crippen molar-refractivity contribution in [2.75, 3.05) is 6.61 Å². The van der Waals surface area contributed by atoms with E-state index in [1.54, 1.807) is 0 Å². The Morgan fingerprint density at radius 3 is 3.10 bits per heavy atom. The van der Waals surface area contributed by atoms with Gasteiger partial charge in [0, 0.05) is 0 Å². The van der Waals surface area contributed by atoms with E-state index < -0.39 is 0 Å². The molecule has 10 heavy (non-hydrogen) atoms. The Kier molecular flexibility index (Phi) is 0.854. The molecule has 5 atom stereocenters. The number of ether oxygens (including phenoxy) is 2. The highest BCUT2D eigenvalue weighted by Crippen LogP contribution is 2.52. The van der Waals surface area contributed by atoms with Gasteiger partial charge in [-0.25, -0.2) is 0 Å². The second kappa shape index (κ2) is 1.55. The van der Waals surface area contributed by atoms with Crippen LogP contribution in [0.5, 0.6) is 0 Å². The van der Waals surface area contributed by atoms with Gasteiger partial charge in [-0.3, -0.25) is 0 Å². The van der Waals surface area contributed by atoms with Gasteiger partial charge in [0.2, 0.25) is 0 Å². The third kappa shape index (κ3) is 0.516. The molecule has 0 aromatic carbocycles. The van der Waals surface area contributed by atoms with E-state index in [9.17, 15) is 5.11 Å². The maximum Gasteiger partial charge on any atom is 0.184 e. The summed E-state index contributed by atoms with van der Waals surface area (Å²) in [5, 5.41) is 9.46. The number of hydrogen-bond acceptors (Lipinski definition) is 3. The first-order valence-electron chi connectivity index (χ1n) is 3.81. The van der Waals surface area contributed by atoms with Gasteiger partial charge in [0.15, 0.2) is 6.29 Å². The molecule has 1 aliphatic carbocycles. The summed E-state index contributed by atoms with van der Waals surface area (Å²) in [6, 6.07) is 0. The van der Waals surface area contributed by atoms with Gasteiger partial charge >= 0.3 is 0 Å². The summed E-state index contributed by atoms with van der Waals surface area (Å²) < 4.78 is 10.6. The minimum absolute atomic E-state index is 0.297. The lowest BCUT2D eigenvalue weighted by molar-refractivity contribution is -0.157. The van der Waals surface area contributed by atoms with E-state index in [2.05, 4.69) is 0 Å². The van der Waals surface area contributed by atoms with E-state index in [-0.39, 0.29) is 12.4 Å². The van der Waals surface area contributed by atoms with Crippen LogP contribution in [0, 0.1) is 11.8 Å². The molecule has 0 radical (unpaired) electrons. The molecule has 2 saturated heterocycles. The van der Waals surface area contributed by atoms with Crippen LogP contribution in [0.3, 0.4) is 0 Å². The van der Waals surface area contributed by atoms with Crippen molar-refractivity contribution >= 4 is 0 Å². The molecule has 1 N–H and O–H groups in total. The molecule has 3 aliphatic rings. The van der Waals surface area contributed by atoms with E-state index in [4.69, 9.17) is 9.47 Å². The number of aliphatic hydroxyl groups excluding tert-OH is 1. The van der Waals surface area contributed by atoms with Crippen LogP contribution < -0.4 is 0 Å². The molecule has 3 rings (SSSR count). The van der Waals surface area contributed by atoms with Crippen LogP contribution in [0.1, 0.15) is 6.42 Å². The topological polar surface area (TPSA) is 38.7 Å². The summed E-state index contributed by atoms with van der Waals surface area (Å²) >= 11 is 0. The summed E-state index contributed by atoms with van der Waals surface area (Å²) in [6.07, 6.45) is 0.807. The fourth-order valence-electron chi connectivity index (χ4n) is 2.10. The monoisotopic (exact) mass is 142 g/mol. The minimum atomic E-state index is -0.344. The number of rotatable bonds is 0. The summed E-state index contributed by atoms with van der Waals surface area (Å²) in [4.78, 5) is 0. The maximum atomic E-state index is 9.46. The lowest BCUT2D eigenvalue weighted by Crippen LogP contribution is -2.34. The number of fused-ring (bicyclic) bond motifs is 4. The quantitative estimate of drug-likeness (QED) is 0.506. The Labute approximate surface area is 58.9 Å². The Bertz CT molecular complexity index is 168. The molecule has 3 heteroatoms. The van der Waals surface area contributed by atoms with Gasteiger partial charge in [-0.15, -0.1) is 0 Å². The first-order chi connectivity index (χ1) is 4.86. The molecular weight excluding hydrogens is 132 g/mol. The Morgan fingerprint density at radius 2 is 2.20 bits per heavy atom. The second-order valence-corrected chi connectivity index (χ2v) is 3.43. The molecule has 1 saturated carbocycles. The molecule has 0 aromatic rings. The minimum Gasteiger partial charge on any atom is -0.388 e. The second-order valence-electron chi connectivity index (χ2n) is 3.43. The van der Waals surface area contributed by atoms with Crippen LogP contribution >= 0.6 is 0 Å². The van der Waals surface area contributed by atoms with Crippen molar-refractivity contribution < 1.29 is 14.6 Å². The van der Waals surface area contributed by atoms with Crippen molar-refractivity contribution in [3.05, 3.63) is 0 Å². The van der Waals surface area contributed by atoms with E-state index in [0.717, 1.165) is 6.42 Å². The lowest BCUT2D eigenvalue weighted by atomic mass is 10.1. The van der Waals surface area contributed by atoms with Crippen molar-refractivity contribution in [3.8, 4) is 0 Å². The first kappa shape index (κ1) is 5.52. The predicted molar refractivity (Wildman–Crippen MR) is 32.2 cm³/mol. The summed E-state index contributed by atoms with van der Waals surface area (Å²) in [6.45, 7) is 0.697. The van der Waals surface area contributed by atoms with Crippen LogP contribution in [-0.4, -0.2) is 30.2 Å². The smallest absolute Gasteiger partial charge is 0.184 e. The Morgan fingerprint density at radius 1 is 1.30 bits per heavy atom. The molecule has 5 unspecified atom stereocenters. The lowest BCUT2D eigenvalue weighted by Gasteiger charge is -2.22. The summed E-state index contributed by atoms with van der Waals surface area (Å²) in [7, 11) is 0. The van der Waals surface area contributed by atoms with Gasteiger partial charge in [0.25, 0.3) is 0 Å². The first-order valence-corrected chi connectivity index (χ1v) is 3.81. The average Bonchev–Trinajstić information content (AvgIpc) is 2.61. The third-order valence-corrected chi connectivity index (χ3v) is 2.82. The highest BCUT2D eigenvalue weighted by atomic mass is 16.7. The van der Waals surface area contributed by atoms with Crippen molar-refractivity contribution in [2.24, 2.45) is 11.8 Å². The van der Waals surface area contributed by atoms with Gasteiger partial charge in [-0.1, -0.05) is 0 Å². The van der Waals surface area contributed by atoms with Crippen LogP contribution in [0.25, 0.3) is 0 Å². The molecule has 0 aromatic heterocycles. The zero-order chi connectivity index (χ0) is 6.72. The Hall–Kier alpha value is -0.120. The van der Waals surface area contributed by atoms with Crippen molar-refractivity contribution in [1.82, 2.24) is 0 Å².